The topological polar surface area (TPSA) is 246 Å². The summed E-state index contributed by atoms with van der Waals surface area (Å²) in [6, 6.07) is 22.2. The van der Waals surface area contributed by atoms with Gasteiger partial charge in [-0.3, -0.25) is 40.5 Å². The molecule has 0 aliphatic heterocycles. The van der Waals surface area contributed by atoms with Crippen LogP contribution in [-0.2, 0) is 24.1 Å². The molecule has 0 fully saturated rings. The molecule has 0 unspecified atom stereocenters. The van der Waals surface area contributed by atoms with E-state index in [-0.39, 0.29) is 46.9 Å². The molecule has 51 heavy (non-hydrogen) atoms. The Morgan fingerprint density at radius 2 is 0.902 bits per heavy atom. The van der Waals surface area contributed by atoms with Gasteiger partial charge >= 0.3 is 0 Å². The van der Waals surface area contributed by atoms with Crippen LogP contribution in [-0.4, -0.2) is 37.4 Å². The normalized spacial score (nSPS) is 9.80. The van der Waals surface area contributed by atoms with Gasteiger partial charge < -0.3 is 10.0 Å². The smallest absolute Gasteiger partial charge is 0.276 e. The van der Waals surface area contributed by atoms with Crippen LogP contribution in [0.5, 0.6) is 0 Å². The van der Waals surface area contributed by atoms with Crippen LogP contribution in [0.15, 0.2) is 78.0 Å². The molecule has 16 nitrogen and oxygen atoms in total. The van der Waals surface area contributed by atoms with Gasteiger partial charge in [0.2, 0.25) is 0 Å². The van der Waals surface area contributed by atoms with E-state index in [4.69, 9.17) is 10.5 Å². The first-order valence-corrected chi connectivity index (χ1v) is 15.0. The maximum atomic E-state index is 10.7. The van der Waals surface area contributed by atoms with Crippen LogP contribution < -0.4 is 0 Å². The maximum Gasteiger partial charge on any atom is 0.276 e. The van der Waals surface area contributed by atoms with Crippen LogP contribution in [0.1, 0.15) is 44.5 Å². The van der Waals surface area contributed by atoms with Gasteiger partial charge in [0, 0.05) is 63.6 Å². The first kappa shape index (κ1) is 42.1. The van der Waals surface area contributed by atoms with Gasteiger partial charge in [0.25, 0.3) is 22.7 Å². The van der Waals surface area contributed by atoms with Crippen LogP contribution in [0, 0.1) is 86.4 Å². The summed E-state index contributed by atoms with van der Waals surface area (Å²) in [5.41, 5.74) is 5.16. The zero-order valence-electron chi connectivity index (χ0n) is 28.5. The first-order valence-electron chi connectivity index (χ1n) is 15.0. The summed E-state index contributed by atoms with van der Waals surface area (Å²) < 4.78 is 0. The lowest BCUT2D eigenvalue weighted by Gasteiger charge is -2.01. The zero-order chi connectivity index (χ0) is 38.7. The lowest BCUT2D eigenvalue weighted by atomic mass is 10.1. The van der Waals surface area contributed by atoms with Gasteiger partial charge in [-0.05, 0) is 34.6 Å². The Hall–Kier alpha value is -6.89. The summed E-state index contributed by atoms with van der Waals surface area (Å²) in [5.74, 6) is 0. The Bertz CT molecular complexity index is 1930. The van der Waals surface area contributed by atoms with Crippen molar-refractivity contribution in [2.24, 2.45) is 5.16 Å². The lowest BCUT2D eigenvalue weighted by molar-refractivity contribution is -0.386. The minimum atomic E-state index is -0.450. The van der Waals surface area contributed by atoms with Crippen molar-refractivity contribution in [3.63, 3.8) is 0 Å². The second kappa shape index (κ2) is 21.2. The number of carbonyl (C=O) groups is 1. The van der Waals surface area contributed by atoms with Crippen LogP contribution in [0.4, 0.5) is 22.7 Å². The van der Waals surface area contributed by atoms with Crippen molar-refractivity contribution in [1.29, 1.82) is 5.26 Å². The van der Waals surface area contributed by atoms with Crippen molar-refractivity contribution in [3.05, 3.63) is 158 Å². The number of nitro groups is 4. The number of para-hydroxylation sites is 4. The lowest BCUT2D eigenvalue weighted by Crippen LogP contribution is -1.98. The van der Waals surface area contributed by atoms with Crippen LogP contribution in [0.2, 0.25) is 0 Å². The summed E-state index contributed by atoms with van der Waals surface area (Å²) in [5, 5.41) is 61.9. The number of aryl methyl sites for hydroxylation is 5. The summed E-state index contributed by atoms with van der Waals surface area (Å²) in [4.78, 5) is 51.0. The zero-order valence-corrected chi connectivity index (χ0v) is 28.5. The molecule has 0 aliphatic carbocycles. The number of nitrogens with zero attached hydrogens (tertiary/aromatic N) is 6. The first-order chi connectivity index (χ1) is 24.1. The molecule has 0 spiro atoms. The minimum absolute atomic E-state index is 0.0506. The van der Waals surface area contributed by atoms with E-state index < -0.39 is 14.8 Å². The molecule has 0 amide bonds. The highest BCUT2D eigenvalue weighted by atomic mass is 16.6. The third kappa shape index (κ3) is 12.9. The van der Waals surface area contributed by atoms with Crippen molar-refractivity contribution < 1.29 is 29.7 Å². The number of benzene rings is 4. The molecule has 4 aromatic carbocycles. The van der Waals surface area contributed by atoms with Gasteiger partial charge in [-0.25, -0.2) is 0 Å². The van der Waals surface area contributed by atoms with Crippen molar-refractivity contribution >= 4 is 35.3 Å². The Balaban J connectivity index is 0.000000341. The number of rotatable bonds is 9. The number of aldehydes is 1. The fraction of sp³-hybridized carbons (Fsp3) is 0.229. The van der Waals surface area contributed by atoms with Crippen LogP contribution >= 0.6 is 0 Å². The van der Waals surface area contributed by atoms with E-state index in [0.29, 0.717) is 39.7 Å². The highest BCUT2D eigenvalue weighted by Crippen LogP contribution is 2.25. The molecule has 16 heteroatoms. The fourth-order valence-electron chi connectivity index (χ4n) is 4.82. The molecule has 0 heterocycles. The highest BCUT2D eigenvalue weighted by molar-refractivity contribution is 5.65. The average Bonchev–Trinajstić information content (AvgIpc) is 3.04. The standard InChI is InChI=1S/C9H10N2O3.C9H8N2O2.C9H9NO3.C8H9NO2/c1-7-3-2-4-8(5-6-10-12)9(7)11(13)14;1-7-3-2-4-8(5-6-10)9(7)11(12)13;1-7-3-2-4-8(5-6-11)9(7)10(12)13;1-6-4-3-5-7(2)8(6)9(10)11/h2-4,6,12H,5H2,1H3;2-4H,5H2,1H3;2-4,6H,5H2,1H3;3-5H,1-2H3/b10-6-;;;. The van der Waals surface area contributed by atoms with Crippen molar-refractivity contribution in [2.75, 3.05) is 0 Å². The summed E-state index contributed by atoms with van der Waals surface area (Å²) >= 11 is 0. The SMILES string of the molecule is Cc1cccc(C)c1[N+](=O)[O-].Cc1cccc(C/C=N\O)c1[N+](=O)[O-].Cc1cccc(CC#N)c1[N+](=O)[O-].Cc1cccc(CC=O)c1[N+](=O)[O-]. The van der Waals surface area contributed by atoms with E-state index in [2.05, 4.69) is 5.16 Å². The molecule has 0 bridgehead atoms. The summed E-state index contributed by atoms with van der Waals surface area (Å²) in [6.45, 7) is 8.49. The monoisotopic (exact) mass is 700 g/mol. The molecule has 1 N–H and O–H groups in total. The Kier molecular flexibility index (Phi) is 17.5. The van der Waals surface area contributed by atoms with E-state index in [1.54, 1.807) is 101 Å². The molecule has 0 atom stereocenters. The third-order valence-electron chi connectivity index (χ3n) is 7.10. The van der Waals surface area contributed by atoms with Gasteiger partial charge in [-0.2, -0.15) is 5.26 Å². The van der Waals surface area contributed by atoms with Crippen molar-refractivity contribution in [3.8, 4) is 6.07 Å². The molecule has 4 aromatic rings. The van der Waals surface area contributed by atoms with E-state index >= 15 is 0 Å². The van der Waals surface area contributed by atoms with Gasteiger partial charge in [0.15, 0.2) is 0 Å². The molecule has 0 saturated heterocycles. The Morgan fingerprint density at radius 3 is 1.22 bits per heavy atom. The number of hydrogen-bond acceptors (Lipinski definition) is 12. The quantitative estimate of drug-likeness (QED) is 0.0581. The second-order valence-corrected chi connectivity index (χ2v) is 10.7. The van der Waals surface area contributed by atoms with E-state index in [9.17, 15) is 45.3 Å². The number of nitro benzene ring substituents is 4. The fourth-order valence-corrected chi connectivity index (χ4v) is 4.82. The molecular formula is C35H36N6O10. The van der Waals surface area contributed by atoms with Crippen molar-refractivity contribution in [2.45, 2.75) is 53.9 Å². The van der Waals surface area contributed by atoms with E-state index in [0.717, 1.165) is 11.1 Å². The van der Waals surface area contributed by atoms with Crippen molar-refractivity contribution in [1.82, 2.24) is 0 Å². The molecular weight excluding hydrogens is 664 g/mol. The largest absolute Gasteiger partial charge is 0.411 e. The number of nitriles is 1. The van der Waals surface area contributed by atoms with Gasteiger partial charge in [-0.15, -0.1) is 5.16 Å². The van der Waals surface area contributed by atoms with Gasteiger partial charge in [0.05, 0.1) is 32.2 Å². The third-order valence-corrected chi connectivity index (χ3v) is 7.10. The second-order valence-electron chi connectivity index (χ2n) is 10.7. The van der Waals surface area contributed by atoms with Gasteiger partial charge in [0.1, 0.15) is 6.29 Å². The van der Waals surface area contributed by atoms with Crippen LogP contribution in [0.3, 0.4) is 0 Å². The molecule has 0 aliphatic rings. The average molecular weight is 701 g/mol. The molecule has 266 valence electrons. The number of hydrogen-bond donors (Lipinski definition) is 1. The van der Waals surface area contributed by atoms with E-state index in [1.807, 2.05) is 12.1 Å². The van der Waals surface area contributed by atoms with E-state index in [1.165, 1.54) is 6.21 Å². The molecule has 4 rings (SSSR count). The Labute approximate surface area is 292 Å². The number of carbonyl (C=O) groups excluding carboxylic acids is 1. The van der Waals surface area contributed by atoms with Crippen LogP contribution in [0.25, 0.3) is 0 Å². The summed E-state index contributed by atoms with van der Waals surface area (Å²) in [7, 11) is 0. The Morgan fingerprint density at radius 1 is 0.588 bits per heavy atom. The predicted molar refractivity (Wildman–Crippen MR) is 189 cm³/mol. The molecule has 0 aromatic heterocycles. The minimum Gasteiger partial charge on any atom is -0.411 e. The molecule has 0 radical (unpaired) electrons. The van der Waals surface area contributed by atoms with Gasteiger partial charge in [-0.1, -0.05) is 72.8 Å². The summed E-state index contributed by atoms with van der Waals surface area (Å²) in [6.07, 6.45) is 2.33. The highest BCUT2D eigenvalue weighted by Gasteiger charge is 2.17. The number of oxime groups is 1. The molecule has 0 saturated carbocycles. The predicted octanol–water partition coefficient (Wildman–Crippen LogP) is 7.73. The maximum absolute atomic E-state index is 10.7.